The number of anilines is 1. The van der Waals surface area contributed by atoms with Crippen LogP contribution in [-0.4, -0.2) is 18.0 Å². The topological polar surface area (TPSA) is 61.8 Å². The van der Waals surface area contributed by atoms with Crippen LogP contribution in [0.4, 0.5) is 5.69 Å². The Bertz CT molecular complexity index is 1380. The second kappa shape index (κ2) is 7.66. The van der Waals surface area contributed by atoms with E-state index in [0.717, 1.165) is 39.9 Å². The van der Waals surface area contributed by atoms with E-state index in [0.29, 0.717) is 23.4 Å². The molecular formula is C29H27N3O2. The van der Waals surface area contributed by atoms with Crippen molar-refractivity contribution >= 4 is 34.5 Å². The summed E-state index contributed by atoms with van der Waals surface area (Å²) in [7, 11) is 0. The van der Waals surface area contributed by atoms with E-state index in [2.05, 4.69) is 30.5 Å². The quantitative estimate of drug-likeness (QED) is 0.401. The molecule has 0 unspecified atom stereocenters. The summed E-state index contributed by atoms with van der Waals surface area (Å²) in [6.45, 7) is 5.10. The van der Waals surface area contributed by atoms with E-state index < -0.39 is 0 Å². The molecule has 7 rings (SSSR count). The number of benzene rings is 3. The number of hydrogen-bond donors (Lipinski definition) is 1. The number of rotatable bonds is 5. The highest BCUT2D eigenvalue weighted by Crippen LogP contribution is 2.58. The first-order valence-electron chi connectivity index (χ1n) is 11.9. The van der Waals surface area contributed by atoms with Crippen molar-refractivity contribution in [2.45, 2.75) is 33.2 Å². The average molecular weight is 450 g/mol. The normalized spacial score (nSPS) is 22.1. The number of hydrazone groups is 1. The van der Waals surface area contributed by atoms with E-state index in [1.807, 2.05) is 54.7 Å². The third-order valence-corrected chi connectivity index (χ3v) is 8.10. The average Bonchev–Trinajstić information content (AvgIpc) is 3.12. The Balaban J connectivity index is 1.12. The van der Waals surface area contributed by atoms with Gasteiger partial charge in [0.1, 0.15) is 0 Å². The summed E-state index contributed by atoms with van der Waals surface area (Å²) >= 11 is 0. The van der Waals surface area contributed by atoms with Crippen LogP contribution in [0.15, 0.2) is 77.4 Å². The van der Waals surface area contributed by atoms with Gasteiger partial charge in [0.15, 0.2) is 0 Å². The standard InChI is InChI=1S/C29H27N3O2/c1-29(2)22-14-13-21(24(29)15-22)16-30-31-27(33)20-11-9-18(10-12-20)17-32-25-8-4-6-19-5-3-7-23(26(19)25)28(32)34/h3-13,16,22,24H,14-15,17H2,1-2H3,(H,31,33)/b30-16-/t22-,24-/m1/s1. The summed E-state index contributed by atoms with van der Waals surface area (Å²) in [5.41, 5.74) is 7.42. The highest BCUT2D eigenvalue weighted by atomic mass is 16.2. The van der Waals surface area contributed by atoms with Crippen LogP contribution in [0, 0.1) is 17.3 Å². The largest absolute Gasteiger partial charge is 0.303 e. The second-order valence-electron chi connectivity index (χ2n) is 10.2. The van der Waals surface area contributed by atoms with E-state index in [1.165, 1.54) is 12.0 Å². The molecule has 3 aromatic carbocycles. The number of carbonyl (C=O) groups excluding carboxylic acids is 2. The molecule has 0 aromatic heterocycles. The lowest BCUT2D eigenvalue weighted by Crippen LogP contribution is -2.48. The fraction of sp³-hybridized carbons (Fsp3) is 0.276. The first kappa shape index (κ1) is 20.8. The molecule has 2 bridgehead atoms. The minimum atomic E-state index is -0.237. The third kappa shape index (κ3) is 3.18. The molecule has 2 amide bonds. The zero-order valence-electron chi connectivity index (χ0n) is 19.4. The molecule has 3 aromatic rings. The summed E-state index contributed by atoms with van der Waals surface area (Å²) in [6.07, 6.45) is 6.39. The van der Waals surface area contributed by atoms with Crippen LogP contribution in [0.25, 0.3) is 10.8 Å². The van der Waals surface area contributed by atoms with E-state index >= 15 is 0 Å². The van der Waals surface area contributed by atoms with Crippen LogP contribution in [0.3, 0.4) is 0 Å². The van der Waals surface area contributed by atoms with Gasteiger partial charge < -0.3 is 4.90 Å². The zero-order chi connectivity index (χ0) is 23.4. The molecule has 5 heteroatoms. The maximum absolute atomic E-state index is 13.0. The highest BCUT2D eigenvalue weighted by molar-refractivity contribution is 6.24. The van der Waals surface area contributed by atoms with Gasteiger partial charge in [-0.05, 0) is 70.9 Å². The lowest BCUT2D eigenvalue weighted by Gasteiger charge is -2.55. The number of amides is 2. The van der Waals surface area contributed by atoms with Crippen LogP contribution in [0.5, 0.6) is 0 Å². The molecule has 1 fully saturated rings. The van der Waals surface area contributed by atoms with Gasteiger partial charge in [-0.3, -0.25) is 9.59 Å². The van der Waals surface area contributed by atoms with Crippen LogP contribution >= 0.6 is 0 Å². The first-order valence-corrected chi connectivity index (χ1v) is 11.9. The molecule has 5 nitrogen and oxygen atoms in total. The number of hydrogen-bond acceptors (Lipinski definition) is 3. The Morgan fingerprint density at radius 1 is 1.12 bits per heavy atom. The second-order valence-corrected chi connectivity index (χ2v) is 10.2. The summed E-state index contributed by atoms with van der Waals surface area (Å²) in [4.78, 5) is 27.4. The number of carbonyl (C=O) groups is 2. The molecule has 1 heterocycles. The van der Waals surface area contributed by atoms with E-state index in [1.54, 1.807) is 17.0 Å². The van der Waals surface area contributed by atoms with E-state index in [-0.39, 0.29) is 11.8 Å². The number of allylic oxidation sites excluding steroid dienone is 2. The lowest BCUT2D eigenvalue weighted by molar-refractivity contribution is -0.00126. The summed E-state index contributed by atoms with van der Waals surface area (Å²) in [5, 5.41) is 6.31. The molecule has 2 atom stereocenters. The SMILES string of the molecule is CC1(C)[C@@H]2CC=C(/C=N\NC(=O)c3ccc(CN4C(=O)c5cccc6cccc4c56)cc3)[C@H]1C2. The monoisotopic (exact) mass is 449 g/mol. The number of nitrogens with one attached hydrogen (secondary N) is 1. The molecule has 170 valence electrons. The van der Waals surface area contributed by atoms with Crippen molar-refractivity contribution in [3.8, 4) is 0 Å². The van der Waals surface area contributed by atoms with E-state index in [9.17, 15) is 9.59 Å². The molecule has 0 saturated heterocycles. The Morgan fingerprint density at radius 2 is 1.88 bits per heavy atom. The molecule has 0 radical (unpaired) electrons. The van der Waals surface area contributed by atoms with Crippen molar-refractivity contribution in [2.24, 2.45) is 22.4 Å². The molecule has 3 aliphatic carbocycles. The Kier molecular flexibility index (Phi) is 4.70. The molecule has 1 N–H and O–H groups in total. The molecule has 4 aliphatic rings. The minimum Gasteiger partial charge on any atom is -0.303 e. The maximum Gasteiger partial charge on any atom is 0.271 e. The van der Waals surface area contributed by atoms with Gasteiger partial charge in [0, 0.05) is 16.5 Å². The first-order chi connectivity index (χ1) is 16.4. The van der Waals surface area contributed by atoms with Crippen molar-refractivity contribution in [1.82, 2.24) is 5.43 Å². The zero-order valence-corrected chi connectivity index (χ0v) is 19.4. The van der Waals surface area contributed by atoms with Crippen molar-refractivity contribution in [2.75, 3.05) is 4.90 Å². The van der Waals surface area contributed by atoms with Gasteiger partial charge in [0.2, 0.25) is 0 Å². The van der Waals surface area contributed by atoms with Crippen molar-refractivity contribution in [3.63, 3.8) is 0 Å². The summed E-state index contributed by atoms with van der Waals surface area (Å²) in [6, 6.07) is 19.2. The number of nitrogens with zero attached hydrogens (tertiary/aromatic N) is 2. The third-order valence-electron chi connectivity index (χ3n) is 8.10. The van der Waals surface area contributed by atoms with Gasteiger partial charge in [-0.25, -0.2) is 5.43 Å². The number of fused-ring (bicyclic) bond motifs is 1. The van der Waals surface area contributed by atoms with Crippen molar-refractivity contribution in [3.05, 3.63) is 89.0 Å². The van der Waals surface area contributed by atoms with Crippen molar-refractivity contribution < 1.29 is 9.59 Å². The van der Waals surface area contributed by atoms with E-state index in [4.69, 9.17) is 0 Å². The van der Waals surface area contributed by atoms with Gasteiger partial charge in [-0.1, -0.05) is 56.3 Å². The van der Waals surface area contributed by atoms with Gasteiger partial charge in [-0.2, -0.15) is 5.10 Å². The molecule has 0 spiro atoms. The Morgan fingerprint density at radius 3 is 2.62 bits per heavy atom. The van der Waals surface area contributed by atoms with Gasteiger partial charge >= 0.3 is 0 Å². The van der Waals surface area contributed by atoms with Gasteiger partial charge in [0.05, 0.1) is 18.4 Å². The van der Waals surface area contributed by atoms with Crippen LogP contribution in [0.2, 0.25) is 0 Å². The molecule has 1 aliphatic heterocycles. The Hall–Kier alpha value is -3.73. The molecular weight excluding hydrogens is 422 g/mol. The van der Waals surface area contributed by atoms with Crippen LogP contribution in [0.1, 0.15) is 53.0 Å². The fourth-order valence-corrected chi connectivity index (χ4v) is 5.86. The molecule has 34 heavy (non-hydrogen) atoms. The minimum absolute atomic E-state index is 0.0148. The summed E-state index contributed by atoms with van der Waals surface area (Å²) < 4.78 is 0. The lowest BCUT2D eigenvalue weighted by atomic mass is 9.49. The van der Waals surface area contributed by atoms with Crippen LogP contribution < -0.4 is 10.3 Å². The highest BCUT2D eigenvalue weighted by Gasteiger charge is 2.50. The van der Waals surface area contributed by atoms with Crippen LogP contribution in [-0.2, 0) is 6.54 Å². The predicted octanol–water partition coefficient (Wildman–Crippen LogP) is 5.71. The van der Waals surface area contributed by atoms with Gasteiger partial charge in [-0.15, -0.1) is 0 Å². The smallest absolute Gasteiger partial charge is 0.271 e. The summed E-state index contributed by atoms with van der Waals surface area (Å²) in [5.74, 6) is 1.09. The maximum atomic E-state index is 13.0. The predicted molar refractivity (Wildman–Crippen MR) is 135 cm³/mol. The van der Waals surface area contributed by atoms with Crippen molar-refractivity contribution in [1.29, 1.82) is 0 Å². The van der Waals surface area contributed by atoms with Gasteiger partial charge in [0.25, 0.3) is 11.8 Å². The molecule has 1 saturated carbocycles. The fourth-order valence-electron chi connectivity index (χ4n) is 5.86. The Labute approximate surface area is 199 Å².